The fraction of sp³-hybridized carbons (Fsp3) is 0.333. The van der Waals surface area contributed by atoms with Gasteiger partial charge in [-0.05, 0) is 6.92 Å². The van der Waals surface area contributed by atoms with Crippen LogP contribution in [-0.2, 0) is 9.53 Å². The van der Waals surface area contributed by atoms with Crippen molar-refractivity contribution < 1.29 is 9.53 Å². The minimum absolute atomic E-state index is 0.0326. The van der Waals surface area contributed by atoms with Crippen molar-refractivity contribution in [3.8, 4) is 0 Å². The van der Waals surface area contributed by atoms with Crippen molar-refractivity contribution in [1.29, 1.82) is 0 Å². The molecule has 92 valence electrons. The Balaban J connectivity index is 3.06. The van der Waals surface area contributed by atoms with Crippen molar-refractivity contribution in [3.05, 3.63) is 10.4 Å². The standard InChI is InChI=1S/C9H13N5O3/c1-3-17-5(15)4-12-6-7(11-2)13-9(10)14-8(6)16/h4H,3H2,1-2H3,(H4,10,11,13,14,16). The number of ether oxygens (including phenoxy) is 1. The van der Waals surface area contributed by atoms with E-state index in [0.29, 0.717) is 0 Å². The van der Waals surface area contributed by atoms with E-state index in [9.17, 15) is 9.59 Å². The van der Waals surface area contributed by atoms with Crippen LogP contribution >= 0.6 is 0 Å². The van der Waals surface area contributed by atoms with Crippen LogP contribution in [0, 0.1) is 0 Å². The average molecular weight is 239 g/mol. The van der Waals surface area contributed by atoms with E-state index in [1.165, 1.54) is 0 Å². The molecule has 0 aliphatic heterocycles. The van der Waals surface area contributed by atoms with Gasteiger partial charge in [0.1, 0.15) is 6.21 Å². The van der Waals surface area contributed by atoms with Gasteiger partial charge in [0.15, 0.2) is 11.5 Å². The SMILES string of the molecule is CCOC(=O)C=Nc1c(NC)nc(N)[nH]c1=O. The zero-order chi connectivity index (χ0) is 12.8. The number of anilines is 2. The molecule has 8 nitrogen and oxygen atoms in total. The largest absolute Gasteiger partial charge is 0.462 e. The van der Waals surface area contributed by atoms with Crippen molar-refractivity contribution in [1.82, 2.24) is 9.97 Å². The quantitative estimate of drug-likeness (QED) is 0.488. The van der Waals surface area contributed by atoms with Crippen LogP contribution in [0.5, 0.6) is 0 Å². The summed E-state index contributed by atoms with van der Waals surface area (Å²) < 4.78 is 4.63. The van der Waals surface area contributed by atoms with E-state index in [0.717, 1.165) is 6.21 Å². The molecule has 0 atom stereocenters. The van der Waals surface area contributed by atoms with E-state index in [2.05, 4.69) is 25.0 Å². The molecule has 0 spiro atoms. The van der Waals surface area contributed by atoms with Gasteiger partial charge in [0, 0.05) is 7.05 Å². The lowest BCUT2D eigenvalue weighted by Gasteiger charge is -2.03. The highest BCUT2D eigenvalue weighted by Crippen LogP contribution is 2.16. The van der Waals surface area contributed by atoms with Gasteiger partial charge in [0.25, 0.3) is 5.56 Å². The van der Waals surface area contributed by atoms with Gasteiger partial charge < -0.3 is 15.8 Å². The first-order chi connectivity index (χ1) is 8.08. The lowest BCUT2D eigenvalue weighted by atomic mass is 10.4. The number of carbonyl (C=O) groups is 1. The Labute approximate surface area is 96.9 Å². The molecule has 0 unspecified atom stereocenters. The molecule has 0 aromatic carbocycles. The number of carbonyl (C=O) groups excluding carboxylic acids is 1. The highest BCUT2D eigenvalue weighted by molar-refractivity contribution is 6.23. The molecule has 0 fully saturated rings. The van der Waals surface area contributed by atoms with Crippen molar-refractivity contribution in [2.24, 2.45) is 4.99 Å². The lowest BCUT2D eigenvalue weighted by Crippen LogP contribution is -2.14. The number of aliphatic imine (C=N–C) groups is 1. The predicted molar refractivity (Wildman–Crippen MR) is 63.6 cm³/mol. The molecule has 0 bridgehead atoms. The van der Waals surface area contributed by atoms with Gasteiger partial charge in [-0.15, -0.1) is 0 Å². The number of rotatable bonds is 4. The normalized spacial score (nSPS) is 10.5. The van der Waals surface area contributed by atoms with Gasteiger partial charge in [-0.25, -0.2) is 9.79 Å². The molecule has 0 saturated heterocycles. The topological polar surface area (TPSA) is 122 Å². The number of aromatic nitrogens is 2. The van der Waals surface area contributed by atoms with Crippen LogP contribution in [0.15, 0.2) is 9.79 Å². The highest BCUT2D eigenvalue weighted by Gasteiger charge is 2.08. The minimum atomic E-state index is -0.634. The molecule has 1 rings (SSSR count). The Morgan fingerprint density at radius 3 is 3.00 bits per heavy atom. The number of aromatic amines is 1. The van der Waals surface area contributed by atoms with Crippen LogP contribution in [-0.4, -0.2) is 35.8 Å². The first kappa shape index (κ1) is 12.7. The van der Waals surface area contributed by atoms with Crippen LogP contribution in [0.4, 0.5) is 17.5 Å². The number of hydrogen-bond donors (Lipinski definition) is 3. The smallest absolute Gasteiger partial charge is 0.349 e. The summed E-state index contributed by atoms with van der Waals surface area (Å²) in [6.45, 7) is 1.91. The summed E-state index contributed by atoms with van der Waals surface area (Å²) in [6, 6.07) is 0. The number of hydrogen-bond acceptors (Lipinski definition) is 7. The molecular weight excluding hydrogens is 226 g/mol. The number of nitrogen functional groups attached to an aromatic ring is 1. The zero-order valence-corrected chi connectivity index (χ0v) is 9.48. The fourth-order valence-electron chi connectivity index (χ4n) is 1.08. The van der Waals surface area contributed by atoms with Crippen LogP contribution in [0.1, 0.15) is 6.92 Å². The first-order valence-corrected chi connectivity index (χ1v) is 4.86. The Morgan fingerprint density at radius 2 is 2.41 bits per heavy atom. The molecule has 17 heavy (non-hydrogen) atoms. The summed E-state index contributed by atoms with van der Waals surface area (Å²) in [4.78, 5) is 32.4. The number of nitrogens with zero attached hydrogens (tertiary/aromatic N) is 2. The summed E-state index contributed by atoms with van der Waals surface area (Å²) in [5, 5.41) is 2.66. The molecule has 0 radical (unpaired) electrons. The fourth-order valence-corrected chi connectivity index (χ4v) is 1.08. The lowest BCUT2D eigenvalue weighted by molar-refractivity contribution is -0.134. The third-order valence-corrected chi connectivity index (χ3v) is 1.74. The van der Waals surface area contributed by atoms with Crippen LogP contribution in [0.25, 0.3) is 0 Å². The van der Waals surface area contributed by atoms with Crippen LogP contribution < -0.4 is 16.6 Å². The minimum Gasteiger partial charge on any atom is -0.462 e. The number of nitrogens with one attached hydrogen (secondary N) is 2. The third-order valence-electron chi connectivity index (χ3n) is 1.74. The predicted octanol–water partition coefficient (Wildman–Crippen LogP) is -0.341. The van der Waals surface area contributed by atoms with Crippen molar-refractivity contribution >= 4 is 29.6 Å². The van der Waals surface area contributed by atoms with E-state index < -0.39 is 11.5 Å². The molecule has 0 saturated carbocycles. The first-order valence-electron chi connectivity index (χ1n) is 4.86. The summed E-state index contributed by atoms with van der Waals surface area (Å²) in [6.07, 6.45) is 0.910. The number of nitrogens with two attached hydrogens (primary N) is 1. The second-order valence-corrected chi connectivity index (χ2v) is 2.91. The average Bonchev–Trinajstić information content (AvgIpc) is 2.27. The van der Waals surface area contributed by atoms with Crippen molar-refractivity contribution in [3.63, 3.8) is 0 Å². The van der Waals surface area contributed by atoms with Gasteiger partial charge in [0.05, 0.1) is 6.61 Å². The summed E-state index contributed by atoms with van der Waals surface area (Å²) in [7, 11) is 1.56. The molecule has 0 aliphatic rings. The summed E-state index contributed by atoms with van der Waals surface area (Å²) in [5.41, 5.74) is 4.79. The zero-order valence-electron chi connectivity index (χ0n) is 9.48. The molecular formula is C9H13N5O3. The Morgan fingerprint density at radius 1 is 1.71 bits per heavy atom. The maximum absolute atomic E-state index is 11.5. The van der Waals surface area contributed by atoms with E-state index in [4.69, 9.17) is 5.73 Å². The van der Waals surface area contributed by atoms with E-state index in [1.807, 2.05) is 0 Å². The van der Waals surface area contributed by atoms with Gasteiger partial charge in [-0.2, -0.15) is 4.98 Å². The second kappa shape index (κ2) is 5.64. The van der Waals surface area contributed by atoms with Gasteiger partial charge in [-0.1, -0.05) is 0 Å². The van der Waals surface area contributed by atoms with Gasteiger partial charge >= 0.3 is 5.97 Å². The Hall–Kier alpha value is -2.38. The number of H-pyrrole nitrogens is 1. The highest BCUT2D eigenvalue weighted by atomic mass is 16.5. The maximum atomic E-state index is 11.5. The van der Waals surface area contributed by atoms with E-state index in [-0.39, 0.29) is 24.1 Å². The molecule has 4 N–H and O–H groups in total. The molecule has 0 amide bonds. The van der Waals surface area contributed by atoms with E-state index >= 15 is 0 Å². The monoisotopic (exact) mass is 239 g/mol. The maximum Gasteiger partial charge on any atom is 0.349 e. The van der Waals surface area contributed by atoms with Gasteiger partial charge in [-0.3, -0.25) is 9.78 Å². The molecule has 8 heteroatoms. The third kappa shape index (κ3) is 3.30. The Bertz CT molecular complexity index is 494. The summed E-state index contributed by atoms with van der Waals surface area (Å²) >= 11 is 0. The Kier molecular flexibility index (Phi) is 4.21. The van der Waals surface area contributed by atoms with Gasteiger partial charge in [0.2, 0.25) is 5.95 Å². The van der Waals surface area contributed by atoms with Crippen LogP contribution in [0.3, 0.4) is 0 Å². The second-order valence-electron chi connectivity index (χ2n) is 2.91. The molecule has 0 aliphatic carbocycles. The molecule has 1 aromatic heterocycles. The van der Waals surface area contributed by atoms with Crippen molar-refractivity contribution in [2.75, 3.05) is 24.7 Å². The molecule has 1 heterocycles. The number of esters is 1. The molecule has 1 aromatic rings. The summed E-state index contributed by atoms with van der Waals surface area (Å²) in [5.74, 6) is -0.480. The van der Waals surface area contributed by atoms with E-state index in [1.54, 1.807) is 14.0 Å². The van der Waals surface area contributed by atoms with Crippen LogP contribution in [0.2, 0.25) is 0 Å². The van der Waals surface area contributed by atoms with Crippen molar-refractivity contribution in [2.45, 2.75) is 6.92 Å².